The maximum atomic E-state index is 12.8. The Balaban J connectivity index is 2.34. The first-order valence-electron chi connectivity index (χ1n) is 7.28. The van der Waals surface area contributed by atoms with Crippen LogP contribution in [0.1, 0.15) is 38.9 Å². The Hall–Kier alpha value is -0.710. The Labute approximate surface area is 136 Å². The Bertz CT molecular complexity index is 525. The predicted molar refractivity (Wildman–Crippen MR) is 90.7 cm³/mol. The second-order valence-corrected chi connectivity index (χ2v) is 7.50. The van der Waals surface area contributed by atoms with Gasteiger partial charge in [-0.2, -0.15) is 11.8 Å². The van der Waals surface area contributed by atoms with Crippen molar-refractivity contribution in [1.82, 2.24) is 10.2 Å². The van der Waals surface area contributed by atoms with Gasteiger partial charge >= 0.3 is 0 Å². The normalized spacial score (nSPS) is 27.2. The van der Waals surface area contributed by atoms with Crippen molar-refractivity contribution in [3.05, 3.63) is 34.9 Å². The third-order valence-corrected chi connectivity index (χ3v) is 5.42. The molecule has 1 fully saturated rings. The summed E-state index contributed by atoms with van der Waals surface area (Å²) in [7, 11) is 0. The molecule has 0 aromatic heterocycles. The minimum Gasteiger partial charge on any atom is -0.320 e. The van der Waals surface area contributed by atoms with E-state index in [0.717, 1.165) is 18.5 Å². The highest BCUT2D eigenvalue weighted by Gasteiger charge is 2.47. The number of amides is 1. The molecule has 0 saturated carbocycles. The third kappa shape index (κ3) is 3.38. The summed E-state index contributed by atoms with van der Waals surface area (Å²) >= 11 is 7.88. The molecule has 116 valence electrons. The van der Waals surface area contributed by atoms with Gasteiger partial charge in [-0.25, -0.2) is 0 Å². The fourth-order valence-corrected chi connectivity index (χ4v) is 3.12. The first kappa shape index (κ1) is 16.7. The van der Waals surface area contributed by atoms with Crippen LogP contribution in [0.15, 0.2) is 24.3 Å². The standard InChI is InChI=1S/C16H23ClN2OS/c1-5-16(3)15(20)19(10-11(2)21-4)14(18-16)12-7-6-8-13(17)9-12/h6-9,11,14,18H,5,10H2,1-4H3. The number of carbonyl (C=O) groups is 1. The van der Waals surface area contributed by atoms with Crippen LogP contribution in [0.2, 0.25) is 5.02 Å². The summed E-state index contributed by atoms with van der Waals surface area (Å²) in [5.74, 6) is 0.177. The fraction of sp³-hybridized carbons (Fsp3) is 0.562. The van der Waals surface area contributed by atoms with E-state index in [-0.39, 0.29) is 12.1 Å². The molecule has 1 N–H and O–H groups in total. The van der Waals surface area contributed by atoms with Crippen LogP contribution in [0.3, 0.4) is 0 Å². The maximum absolute atomic E-state index is 12.8. The molecule has 5 heteroatoms. The van der Waals surface area contributed by atoms with E-state index in [1.54, 1.807) is 11.8 Å². The highest BCUT2D eigenvalue weighted by Crippen LogP contribution is 2.34. The SMILES string of the molecule is CCC1(C)NC(c2cccc(Cl)c2)N(CC(C)SC)C1=O. The zero-order chi connectivity index (χ0) is 15.6. The molecule has 0 bridgehead atoms. The molecule has 21 heavy (non-hydrogen) atoms. The molecule has 3 unspecified atom stereocenters. The smallest absolute Gasteiger partial charge is 0.244 e. The van der Waals surface area contributed by atoms with E-state index in [2.05, 4.69) is 18.5 Å². The number of halogens is 1. The molecule has 1 saturated heterocycles. The Morgan fingerprint density at radius 2 is 2.24 bits per heavy atom. The Morgan fingerprint density at radius 3 is 2.81 bits per heavy atom. The molecular formula is C16H23ClN2OS. The highest BCUT2D eigenvalue weighted by molar-refractivity contribution is 7.99. The van der Waals surface area contributed by atoms with Crippen molar-refractivity contribution in [3.8, 4) is 0 Å². The second kappa shape index (κ2) is 6.59. The fourth-order valence-electron chi connectivity index (χ4n) is 2.61. The lowest BCUT2D eigenvalue weighted by atomic mass is 9.99. The number of benzene rings is 1. The summed E-state index contributed by atoms with van der Waals surface area (Å²) in [5.41, 5.74) is 0.548. The average Bonchev–Trinajstić information content (AvgIpc) is 2.73. The quantitative estimate of drug-likeness (QED) is 0.895. The van der Waals surface area contributed by atoms with Crippen LogP contribution in [-0.2, 0) is 4.79 Å². The summed E-state index contributed by atoms with van der Waals surface area (Å²) in [5, 5.41) is 4.60. The van der Waals surface area contributed by atoms with Crippen molar-refractivity contribution in [2.45, 2.75) is 44.1 Å². The van der Waals surface area contributed by atoms with Gasteiger partial charge in [0.2, 0.25) is 5.91 Å². The van der Waals surface area contributed by atoms with Crippen molar-refractivity contribution >= 4 is 29.3 Å². The van der Waals surface area contributed by atoms with Gasteiger partial charge in [-0.1, -0.05) is 37.6 Å². The molecule has 0 aliphatic carbocycles. The number of carbonyl (C=O) groups excluding carboxylic acids is 1. The number of nitrogens with zero attached hydrogens (tertiary/aromatic N) is 1. The van der Waals surface area contributed by atoms with E-state index in [4.69, 9.17) is 11.6 Å². The van der Waals surface area contributed by atoms with Crippen molar-refractivity contribution in [2.24, 2.45) is 0 Å². The summed E-state index contributed by atoms with van der Waals surface area (Å²) in [4.78, 5) is 14.8. The molecule has 1 aliphatic rings. The zero-order valence-electron chi connectivity index (χ0n) is 13.0. The van der Waals surface area contributed by atoms with Gasteiger partial charge < -0.3 is 4.90 Å². The lowest BCUT2D eigenvalue weighted by molar-refractivity contribution is -0.133. The molecule has 3 atom stereocenters. The van der Waals surface area contributed by atoms with Gasteiger partial charge in [-0.05, 0) is 37.3 Å². The molecule has 0 radical (unpaired) electrons. The first-order valence-corrected chi connectivity index (χ1v) is 8.95. The number of nitrogens with one attached hydrogen (secondary N) is 1. The molecule has 0 spiro atoms. The predicted octanol–water partition coefficient (Wildman–Crippen LogP) is 3.69. The molecule has 1 aromatic rings. The van der Waals surface area contributed by atoms with Crippen LogP contribution in [-0.4, -0.2) is 34.4 Å². The molecule has 1 aliphatic heterocycles. The van der Waals surface area contributed by atoms with Crippen LogP contribution in [0, 0.1) is 0 Å². The Morgan fingerprint density at radius 1 is 1.52 bits per heavy atom. The van der Waals surface area contributed by atoms with Gasteiger partial charge in [0.25, 0.3) is 0 Å². The van der Waals surface area contributed by atoms with Gasteiger partial charge in [0.1, 0.15) is 6.17 Å². The van der Waals surface area contributed by atoms with Crippen LogP contribution in [0.4, 0.5) is 0 Å². The lowest BCUT2D eigenvalue weighted by Crippen LogP contribution is -2.43. The van der Waals surface area contributed by atoms with Gasteiger partial charge in [0.05, 0.1) is 5.54 Å². The van der Waals surface area contributed by atoms with Crippen LogP contribution in [0.25, 0.3) is 0 Å². The van der Waals surface area contributed by atoms with Crippen molar-refractivity contribution < 1.29 is 4.79 Å². The summed E-state index contributed by atoms with van der Waals surface area (Å²) in [6.45, 7) is 6.91. The highest BCUT2D eigenvalue weighted by atomic mass is 35.5. The van der Waals surface area contributed by atoms with Crippen LogP contribution in [0.5, 0.6) is 0 Å². The van der Waals surface area contributed by atoms with Crippen molar-refractivity contribution in [3.63, 3.8) is 0 Å². The first-order chi connectivity index (χ1) is 9.91. The zero-order valence-corrected chi connectivity index (χ0v) is 14.6. The van der Waals surface area contributed by atoms with E-state index in [9.17, 15) is 4.79 Å². The van der Waals surface area contributed by atoms with Crippen LogP contribution >= 0.6 is 23.4 Å². The van der Waals surface area contributed by atoms with Gasteiger partial charge in [0, 0.05) is 16.8 Å². The van der Waals surface area contributed by atoms with Crippen molar-refractivity contribution in [1.29, 1.82) is 0 Å². The summed E-state index contributed by atoms with van der Waals surface area (Å²) < 4.78 is 0. The van der Waals surface area contributed by atoms with E-state index in [0.29, 0.717) is 10.3 Å². The largest absolute Gasteiger partial charge is 0.320 e. The molecule has 1 aromatic carbocycles. The lowest BCUT2D eigenvalue weighted by Gasteiger charge is -2.27. The molecule has 1 amide bonds. The molecular weight excluding hydrogens is 304 g/mol. The van der Waals surface area contributed by atoms with E-state index >= 15 is 0 Å². The minimum absolute atomic E-state index is 0.101. The third-order valence-electron chi connectivity index (χ3n) is 4.23. The molecule has 2 rings (SSSR count). The van der Waals surface area contributed by atoms with Gasteiger partial charge in [-0.3, -0.25) is 10.1 Å². The summed E-state index contributed by atoms with van der Waals surface area (Å²) in [6, 6.07) is 7.75. The monoisotopic (exact) mass is 326 g/mol. The van der Waals surface area contributed by atoms with Gasteiger partial charge in [-0.15, -0.1) is 0 Å². The van der Waals surface area contributed by atoms with Crippen molar-refractivity contribution in [2.75, 3.05) is 12.8 Å². The Kier molecular flexibility index (Phi) is 5.23. The van der Waals surface area contributed by atoms with Gasteiger partial charge in [0.15, 0.2) is 0 Å². The molecule has 3 nitrogen and oxygen atoms in total. The van der Waals surface area contributed by atoms with E-state index < -0.39 is 5.54 Å². The maximum Gasteiger partial charge on any atom is 0.244 e. The number of hydrogen-bond donors (Lipinski definition) is 1. The molecule has 1 heterocycles. The van der Waals surface area contributed by atoms with E-state index in [1.165, 1.54) is 0 Å². The number of hydrogen-bond acceptors (Lipinski definition) is 3. The van der Waals surface area contributed by atoms with E-state index in [1.807, 2.05) is 43.0 Å². The summed E-state index contributed by atoms with van der Waals surface area (Å²) in [6.07, 6.45) is 2.75. The number of thioether (sulfide) groups is 1. The van der Waals surface area contributed by atoms with Crippen LogP contribution < -0.4 is 5.32 Å². The average molecular weight is 327 g/mol. The second-order valence-electron chi connectivity index (χ2n) is 5.79. The topological polar surface area (TPSA) is 32.3 Å². The number of rotatable bonds is 5. The minimum atomic E-state index is -0.495.